The van der Waals surface area contributed by atoms with Crippen molar-refractivity contribution >= 4 is 11.4 Å². The monoisotopic (exact) mass is 202 g/mol. The summed E-state index contributed by atoms with van der Waals surface area (Å²) >= 11 is 0. The van der Waals surface area contributed by atoms with Crippen molar-refractivity contribution in [1.82, 2.24) is 9.38 Å². The second-order valence-corrected chi connectivity index (χ2v) is 2.76. The van der Waals surface area contributed by atoms with Crippen LogP contribution in [0.4, 0.5) is 0 Å². The van der Waals surface area contributed by atoms with E-state index < -0.39 is 5.91 Å². The molecule has 0 atom stereocenters. The van der Waals surface area contributed by atoms with Crippen LogP contribution in [0.2, 0.25) is 0 Å². The van der Waals surface area contributed by atoms with Crippen LogP contribution in [0.25, 0.3) is 5.52 Å². The Bertz CT molecular complexity index is 567. The summed E-state index contributed by atoms with van der Waals surface area (Å²) in [6.07, 6.45) is 3.12. The predicted molar refractivity (Wildman–Crippen MR) is 50.0 cm³/mol. The van der Waals surface area contributed by atoms with Crippen molar-refractivity contribution < 1.29 is 9.53 Å². The normalized spacial score (nSPS) is 9.80. The lowest BCUT2D eigenvalue weighted by atomic mass is 10.3. The quantitative estimate of drug-likeness (QED) is 0.708. The number of carbonyl (C=O) groups excluding carboxylic acids is 1. The Morgan fingerprint density at radius 3 is 3.07 bits per heavy atom. The average Bonchev–Trinajstić information content (AvgIpc) is 2.59. The number of hydrogen-bond donors (Lipinski definition) is 1. The fourth-order valence-corrected chi connectivity index (χ4v) is 1.30. The third kappa shape index (κ3) is 1.36. The van der Waals surface area contributed by atoms with E-state index in [0.29, 0.717) is 5.52 Å². The molecule has 0 saturated heterocycles. The number of primary amides is 1. The number of imidazole rings is 1. The van der Waals surface area contributed by atoms with Gasteiger partial charge >= 0.3 is 6.01 Å². The van der Waals surface area contributed by atoms with Gasteiger partial charge in [0.1, 0.15) is 0 Å². The summed E-state index contributed by atoms with van der Waals surface area (Å²) in [6, 6.07) is 5.16. The molecule has 0 aromatic carbocycles. The number of nitrogens with zero attached hydrogens (tertiary/aromatic N) is 3. The fourth-order valence-electron chi connectivity index (χ4n) is 1.30. The number of ether oxygens (including phenoxy) is 1. The highest BCUT2D eigenvalue weighted by Crippen LogP contribution is 2.17. The highest BCUT2D eigenvalue weighted by Gasteiger charge is 2.15. The lowest BCUT2D eigenvalue weighted by molar-refractivity contribution is 0.0997. The van der Waals surface area contributed by atoms with Gasteiger partial charge < -0.3 is 10.5 Å². The van der Waals surface area contributed by atoms with Crippen molar-refractivity contribution in [3.8, 4) is 12.3 Å². The highest BCUT2D eigenvalue weighted by molar-refractivity contribution is 5.98. The molecule has 2 N–H and O–H groups in total. The molecule has 2 rings (SSSR count). The van der Waals surface area contributed by atoms with Gasteiger partial charge in [0.05, 0.1) is 5.52 Å². The molecule has 0 aliphatic rings. The van der Waals surface area contributed by atoms with E-state index >= 15 is 0 Å². The molecule has 2 aromatic heterocycles. The molecule has 6 nitrogen and oxygen atoms in total. The molecule has 1 amide bonds. The molecule has 0 aliphatic carbocycles. The first-order chi connectivity index (χ1) is 7.24. The first-order valence-electron chi connectivity index (χ1n) is 4.07. The third-order valence-corrected chi connectivity index (χ3v) is 1.89. The Kier molecular flexibility index (Phi) is 1.99. The summed E-state index contributed by atoms with van der Waals surface area (Å²) in [5.41, 5.74) is 5.73. The lowest BCUT2D eigenvalue weighted by Crippen LogP contribution is -2.11. The zero-order valence-electron chi connectivity index (χ0n) is 7.54. The van der Waals surface area contributed by atoms with Gasteiger partial charge in [0, 0.05) is 6.20 Å². The second-order valence-electron chi connectivity index (χ2n) is 2.76. The maximum absolute atomic E-state index is 11.0. The number of rotatable bonds is 2. The van der Waals surface area contributed by atoms with Crippen LogP contribution >= 0.6 is 0 Å². The molecule has 0 radical (unpaired) electrons. The van der Waals surface area contributed by atoms with Crippen molar-refractivity contribution in [2.75, 3.05) is 0 Å². The Balaban J connectivity index is 2.74. The third-order valence-electron chi connectivity index (χ3n) is 1.89. The van der Waals surface area contributed by atoms with Crippen LogP contribution in [0.3, 0.4) is 0 Å². The molecule has 0 spiro atoms. The van der Waals surface area contributed by atoms with E-state index in [-0.39, 0.29) is 11.7 Å². The zero-order valence-corrected chi connectivity index (χ0v) is 7.54. The van der Waals surface area contributed by atoms with E-state index in [1.165, 1.54) is 10.7 Å². The first-order valence-corrected chi connectivity index (χ1v) is 4.07. The molecule has 0 fully saturated rings. The lowest BCUT2D eigenvalue weighted by Gasteiger charge is -1.94. The van der Waals surface area contributed by atoms with Crippen LogP contribution in [0.1, 0.15) is 10.5 Å². The number of fused-ring (bicyclic) bond motifs is 1. The maximum Gasteiger partial charge on any atom is 0.318 e. The van der Waals surface area contributed by atoms with Crippen LogP contribution < -0.4 is 10.5 Å². The van der Waals surface area contributed by atoms with E-state index in [1.807, 2.05) is 0 Å². The number of hydrogen-bond acceptors (Lipinski definition) is 4. The Labute approximate surface area is 84.5 Å². The van der Waals surface area contributed by atoms with E-state index in [4.69, 9.17) is 11.0 Å². The first kappa shape index (κ1) is 9.02. The van der Waals surface area contributed by atoms with Gasteiger partial charge in [0.15, 0.2) is 5.69 Å². The van der Waals surface area contributed by atoms with Crippen molar-refractivity contribution in [2.45, 2.75) is 0 Å². The van der Waals surface area contributed by atoms with Crippen LogP contribution in [-0.4, -0.2) is 15.3 Å². The number of carbonyl (C=O) groups is 1. The largest absolute Gasteiger partial charge is 0.364 e. The minimum Gasteiger partial charge on any atom is -0.364 e. The molecule has 15 heavy (non-hydrogen) atoms. The van der Waals surface area contributed by atoms with Gasteiger partial charge in [-0.1, -0.05) is 6.07 Å². The van der Waals surface area contributed by atoms with Crippen LogP contribution in [0.15, 0.2) is 24.4 Å². The van der Waals surface area contributed by atoms with Crippen molar-refractivity contribution in [1.29, 1.82) is 5.26 Å². The number of nitriles is 1. The number of pyridine rings is 1. The zero-order chi connectivity index (χ0) is 10.8. The molecule has 0 saturated carbocycles. The molecule has 0 bridgehead atoms. The molecular weight excluding hydrogens is 196 g/mol. The maximum atomic E-state index is 11.0. The van der Waals surface area contributed by atoms with E-state index in [9.17, 15) is 4.79 Å². The molecular formula is C9H6N4O2. The topological polar surface area (TPSA) is 93.4 Å². The summed E-state index contributed by atoms with van der Waals surface area (Å²) in [6.45, 7) is 0. The Hall–Kier alpha value is -2.55. The van der Waals surface area contributed by atoms with E-state index in [0.717, 1.165) is 0 Å². The minimum atomic E-state index is -0.661. The van der Waals surface area contributed by atoms with Gasteiger partial charge in [-0.2, -0.15) is 4.98 Å². The molecule has 2 aromatic rings. The molecule has 0 aliphatic heterocycles. The summed E-state index contributed by atoms with van der Waals surface area (Å²) in [7, 11) is 0. The Morgan fingerprint density at radius 1 is 1.60 bits per heavy atom. The molecule has 6 heteroatoms. The van der Waals surface area contributed by atoms with Gasteiger partial charge in [-0.25, -0.2) is 0 Å². The number of aromatic nitrogens is 2. The van der Waals surface area contributed by atoms with Crippen molar-refractivity contribution in [2.24, 2.45) is 5.73 Å². The summed E-state index contributed by atoms with van der Waals surface area (Å²) < 4.78 is 6.08. The summed E-state index contributed by atoms with van der Waals surface area (Å²) in [4.78, 5) is 14.9. The summed E-state index contributed by atoms with van der Waals surface area (Å²) in [5, 5.41) is 8.39. The Morgan fingerprint density at radius 2 is 2.40 bits per heavy atom. The minimum absolute atomic E-state index is 0.0295. The number of amides is 1. The number of nitrogens with two attached hydrogens (primary N) is 1. The SMILES string of the molecule is N#COc1nc(C(N)=O)c2ccccn12. The van der Waals surface area contributed by atoms with E-state index in [2.05, 4.69) is 9.72 Å². The van der Waals surface area contributed by atoms with Crippen LogP contribution in [0, 0.1) is 11.5 Å². The van der Waals surface area contributed by atoms with Gasteiger partial charge in [-0.15, -0.1) is 5.26 Å². The smallest absolute Gasteiger partial charge is 0.318 e. The summed E-state index contributed by atoms with van der Waals surface area (Å²) in [5.74, 6) is -0.661. The van der Waals surface area contributed by atoms with Gasteiger partial charge in [0.25, 0.3) is 12.2 Å². The molecule has 0 unspecified atom stereocenters. The van der Waals surface area contributed by atoms with Crippen LogP contribution in [0.5, 0.6) is 6.01 Å². The standard InChI is InChI=1S/C9H6N4O2/c10-5-15-9-12-7(8(11)14)6-3-1-2-4-13(6)9/h1-4H,(H2,11,14). The van der Waals surface area contributed by atoms with Gasteiger partial charge in [-0.05, 0) is 12.1 Å². The fraction of sp³-hybridized carbons (Fsp3) is 0. The van der Waals surface area contributed by atoms with E-state index in [1.54, 1.807) is 24.4 Å². The molecule has 74 valence electrons. The molecule has 2 heterocycles. The second kappa shape index (κ2) is 3.31. The van der Waals surface area contributed by atoms with Crippen LogP contribution in [-0.2, 0) is 0 Å². The van der Waals surface area contributed by atoms with Gasteiger partial charge in [-0.3, -0.25) is 9.20 Å². The predicted octanol–water partition coefficient (Wildman–Crippen LogP) is 0.293. The van der Waals surface area contributed by atoms with Crippen molar-refractivity contribution in [3.05, 3.63) is 30.1 Å². The average molecular weight is 202 g/mol. The van der Waals surface area contributed by atoms with Gasteiger partial charge in [0.2, 0.25) is 0 Å². The highest BCUT2D eigenvalue weighted by atomic mass is 16.5. The van der Waals surface area contributed by atoms with Crippen molar-refractivity contribution in [3.63, 3.8) is 0 Å².